The van der Waals surface area contributed by atoms with E-state index in [0.29, 0.717) is 10.8 Å². The molecule has 3 atom stereocenters. The molecule has 1 saturated carbocycles. The molecule has 0 spiro atoms. The third kappa shape index (κ3) is 1.80. The van der Waals surface area contributed by atoms with E-state index in [0.717, 1.165) is 12.1 Å². The molecule has 2 heteroatoms. The van der Waals surface area contributed by atoms with Gasteiger partial charge >= 0.3 is 0 Å². The molecule has 1 aliphatic carbocycles. The summed E-state index contributed by atoms with van der Waals surface area (Å²) in [5.41, 5.74) is 1.17. The van der Waals surface area contributed by atoms with Crippen LogP contribution in [0.5, 0.6) is 0 Å². The van der Waals surface area contributed by atoms with Crippen molar-refractivity contribution in [2.24, 2.45) is 10.8 Å². The molecule has 2 bridgehead atoms. The first kappa shape index (κ1) is 11.0. The highest BCUT2D eigenvalue weighted by Crippen LogP contribution is 2.53. The molecule has 1 N–H and O–H groups in total. The number of nitrogens with one attached hydrogen (secondary N) is 1. The van der Waals surface area contributed by atoms with Gasteiger partial charge in [0.2, 0.25) is 0 Å². The molecule has 0 aromatic carbocycles. The van der Waals surface area contributed by atoms with Crippen molar-refractivity contribution in [2.45, 2.75) is 58.5 Å². The van der Waals surface area contributed by atoms with Crippen LogP contribution in [-0.4, -0.2) is 36.6 Å². The minimum absolute atomic E-state index is 0.568. The van der Waals surface area contributed by atoms with Gasteiger partial charge in [0.05, 0.1) is 0 Å². The van der Waals surface area contributed by atoms with Crippen LogP contribution in [0.1, 0.15) is 46.5 Å². The summed E-state index contributed by atoms with van der Waals surface area (Å²) in [7, 11) is 0. The zero-order valence-corrected chi connectivity index (χ0v) is 11.1. The molecule has 2 nitrogen and oxygen atoms in total. The monoisotopic (exact) mass is 222 g/mol. The average molecular weight is 222 g/mol. The Morgan fingerprint density at radius 2 is 1.94 bits per heavy atom. The van der Waals surface area contributed by atoms with Crippen LogP contribution in [0.25, 0.3) is 0 Å². The molecule has 92 valence electrons. The van der Waals surface area contributed by atoms with Crippen molar-refractivity contribution in [3.05, 3.63) is 0 Å². The van der Waals surface area contributed by atoms with Crippen LogP contribution in [0, 0.1) is 10.8 Å². The van der Waals surface area contributed by atoms with Crippen LogP contribution in [0.2, 0.25) is 0 Å². The summed E-state index contributed by atoms with van der Waals surface area (Å²) < 4.78 is 0. The average Bonchev–Trinajstić information content (AvgIpc) is 2.69. The second-order valence-electron chi connectivity index (χ2n) is 7.53. The fraction of sp³-hybridized carbons (Fsp3) is 1.00. The maximum Gasteiger partial charge on any atom is 0.0235 e. The first-order valence-electron chi connectivity index (χ1n) is 6.94. The van der Waals surface area contributed by atoms with Gasteiger partial charge in [-0.1, -0.05) is 20.8 Å². The molecular weight excluding hydrogens is 196 g/mol. The van der Waals surface area contributed by atoms with Crippen molar-refractivity contribution in [1.29, 1.82) is 0 Å². The zero-order valence-electron chi connectivity index (χ0n) is 11.1. The quantitative estimate of drug-likeness (QED) is 0.732. The maximum atomic E-state index is 3.52. The minimum Gasteiger partial charge on any atom is -0.315 e. The number of likely N-dealkylation sites (tertiary alicyclic amines) is 1. The predicted octanol–water partition coefficient (Wildman–Crippen LogP) is 2.25. The minimum atomic E-state index is 0.568. The van der Waals surface area contributed by atoms with E-state index in [-0.39, 0.29) is 0 Å². The van der Waals surface area contributed by atoms with Gasteiger partial charge in [-0.05, 0) is 43.1 Å². The molecule has 2 heterocycles. The van der Waals surface area contributed by atoms with Crippen LogP contribution in [0.4, 0.5) is 0 Å². The molecule has 3 aliphatic rings. The van der Waals surface area contributed by atoms with Crippen molar-refractivity contribution in [1.82, 2.24) is 10.2 Å². The van der Waals surface area contributed by atoms with Gasteiger partial charge in [-0.2, -0.15) is 0 Å². The number of hydrogen-bond acceptors (Lipinski definition) is 2. The molecule has 3 rings (SSSR count). The molecule has 3 unspecified atom stereocenters. The van der Waals surface area contributed by atoms with Crippen molar-refractivity contribution >= 4 is 0 Å². The van der Waals surface area contributed by atoms with E-state index < -0.39 is 0 Å². The van der Waals surface area contributed by atoms with E-state index in [1.54, 1.807) is 0 Å². The second-order valence-corrected chi connectivity index (χ2v) is 7.53. The Kier molecular flexibility index (Phi) is 2.38. The smallest absolute Gasteiger partial charge is 0.0235 e. The van der Waals surface area contributed by atoms with Gasteiger partial charge in [-0.3, -0.25) is 4.90 Å². The van der Waals surface area contributed by atoms with Gasteiger partial charge in [0, 0.05) is 25.2 Å². The Hall–Kier alpha value is -0.0800. The topological polar surface area (TPSA) is 15.3 Å². The summed E-state index contributed by atoms with van der Waals surface area (Å²) in [6.45, 7) is 11.3. The van der Waals surface area contributed by atoms with Crippen LogP contribution >= 0.6 is 0 Å². The first-order chi connectivity index (χ1) is 7.48. The van der Waals surface area contributed by atoms with E-state index in [4.69, 9.17) is 0 Å². The summed E-state index contributed by atoms with van der Waals surface area (Å²) >= 11 is 0. The number of nitrogens with zero attached hydrogens (tertiary/aromatic N) is 1. The van der Waals surface area contributed by atoms with Gasteiger partial charge in [0.1, 0.15) is 0 Å². The van der Waals surface area contributed by atoms with E-state index in [9.17, 15) is 0 Å². The van der Waals surface area contributed by atoms with E-state index >= 15 is 0 Å². The predicted molar refractivity (Wildman–Crippen MR) is 67.5 cm³/mol. The van der Waals surface area contributed by atoms with Gasteiger partial charge in [0.25, 0.3) is 0 Å². The molecule has 2 saturated heterocycles. The summed E-state index contributed by atoms with van der Waals surface area (Å²) in [4.78, 5) is 2.84. The highest BCUT2D eigenvalue weighted by Gasteiger charge is 2.51. The Morgan fingerprint density at radius 1 is 1.12 bits per heavy atom. The first-order valence-corrected chi connectivity index (χ1v) is 6.94. The lowest BCUT2D eigenvalue weighted by molar-refractivity contribution is 0.120. The third-order valence-corrected chi connectivity index (χ3v) is 4.96. The van der Waals surface area contributed by atoms with Crippen LogP contribution in [0.3, 0.4) is 0 Å². The van der Waals surface area contributed by atoms with Gasteiger partial charge in [-0.15, -0.1) is 0 Å². The molecule has 0 aromatic rings. The standard InChI is InChI=1S/C14H26N2/c1-13(2)6-12-7-14(3,9-13)10-16(12)11-4-5-15-8-11/h11-12,15H,4-10H2,1-3H3. The Morgan fingerprint density at radius 3 is 2.62 bits per heavy atom. The summed E-state index contributed by atoms with van der Waals surface area (Å²) in [6, 6.07) is 1.71. The fourth-order valence-electron chi connectivity index (χ4n) is 4.85. The lowest BCUT2D eigenvalue weighted by Gasteiger charge is -2.40. The summed E-state index contributed by atoms with van der Waals surface area (Å²) in [5.74, 6) is 0. The molecule has 16 heavy (non-hydrogen) atoms. The van der Waals surface area contributed by atoms with Crippen molar-refractivity contribution in [2.75, 3.05) is 19.6 Å². The van der Waals surface area contributed by atoms with Crippen molar-refractivity contribution in [3.8, 4) is 0 Å². The van der Waals surface area contributed by atoms with E-state index in [1.165, 1.54) is 45.3 Å². The molecule has 0 aromatic heterocycles. The highest BCUT2D eigenvalue weighted by molar-refractivity contribution is 5.04. The SMILES string of the molecule is CC1(C)CC2CC(C)(CN2C2CCNC2)C1. The lowest BCUT2D eigenvalue weighted by Crippen LogP contribution is -2.41. The van der Waals surface area contributed by atoms with Gasteiger partial charge in [-0.25, -0.2) is 0 Å². The third-order valence-electron chi connectivity index (χ3n) is 4.96. The zero-order chi connectivity index (χ0) is 11.4. The van der Waals surface area contributed by atoms with E-state index in [2.05, 4.69) is 31.0 Å². The molecular formula is C14H26N2. The second kappa shape index (κ2) is 3.46. The number of rotatable bonds is 1. The van der Waals surface area contributed by atoms with Crippen molar-refractivity contribution in [3.63, 3.8) is 0 Å². The highest BCUT2D eigenvalue weighted by atomic mass is 15.3. The summed E-state index contributed by atoms with van der Waals surface area (Å²) in [6.07, 6.45) is 5.66. The van der Waals surface area contributed by atoms with Crippen LogP contribution in [-0.2, 0) is 0 Å². The largest absolute Gasteiger partial charge is 0.315 e. The fourth-order valence-corrected chi connectivity index (χ4v) is 4.85. The number of hydrogen-bond donors (Lipinski definition) is 1. The molecule has 2 aliphatic heterocycles. The Labute approximate surface area is 99.8 Å². The molecule has 0 radical (unpaired) electrons. The Bertz CT molecular complexity index is 280. The normalized spacial score (nSPS) is 47.4. The van der Waals surface area contributed by atoms with E-state index in [1.807, 2.05) is 0 Å². The molecule has 0 amide bonds. The number of fused-ring (bicyclic) bond motifs is 2. The maximum absolute atomic E-state index is 3.52. The van der Waals surface area contributed by atoms with Crippen molar-refractivity contribution < 1.29 is 0 Å². The Balaban J connectivity index is 1.79. The van der Waals surface area contributed by atoms with Crippen LogP contribution in [0.15, 0.2) is 0 Å². The van der Waals surface area contributed by atoms with Gasteiger partial charge < -0.3 is 5.32 Å². The van der Waals surface area contributed by atoms with Gasteiger partial charge in [0.15, 0.2) is 0 Å². The summed E-state index contributed by atoms with van der Waals surface area (Å²) in [5, 5.41) is 3.52. The lowest BCUT2D eigenvalue weighted by atomic mass is 9.65. The molecule has 3 fully saturated rings. The van der Waals surface area contributed by atoms with Crippen LogP contribution < -0.4 is 5.32 Å².